The van der Waals surface area contributed by atoms with Crippen LogP contribution in [0.4, 0.5) is 5.69 Å². The SMILES string of the molecule is CCOCc1ccccc1CNC(=NC)Nc1cccc(OCCCOC)c1.I. The molecule has 0 fully saturated rings. The molecule has 2 aromatic carbocycles. The molecule has 0 heterocycles. The van der Waals surface area contributed by atoms with Crippen molar-refractivity contribution in [3.05, 3.63) is 59.7 Å². The van der Waals surface area contributed by atoms with Gasteiger partial charge in [0.25, 0.3) is 0 Å². The van der Waals surface area contributed by atoms with Gasteiger partial charge in [-0.2, -0.15) is 0 Å². The van der Waals surface area contributed by atoms with Gasteiger partial charge in [0.15, 0.2) is 5.96 Å². The maximum absolute atomic E-state index is 5.75. The Labute approximate surface area is 191 Å². The van der Waals surface area contributed by atoms with Gasteiger partial charge in [-0.3, -0.25) is 4.99 Å². The molecular weight excluding hydrogens is 481 g/mol. The molecule has 6 nitrogen and oxygen atoms in total. The van der Waals surface area contributed by atoms with Crippen LogP contribution in [0.2, 0.25) is 0 Å². The highest BCUT2D eigenvalue weighted by Crippen LogP contribution is 2.17. The molecule has 0 radical (unpaired) electrons. The number of anilines is 1. The fourth-order valence-electron chi connectivity index (χ4n) is 2.63. The summed E-state index contributed by atoms with van der Waals surface area (Å²) in [5.74, 6) is 1.52. The second-order valence-electron chi connectivity index (χ2n) is 6.18. The van der Waals surface area contributed by atoms with Gasteiger partial charge in [-0.25, -0.2) is 0 Å². The monoisotopic (exact) mass is 513 g/mol. The average Bonchev–Trinajstić information content (AvgIpc) is 2.73. The number of hydrogen-bond donors (Lipinski definition) is 2. The molecule has 0 atom stereocenters. The van der Waals surface area contributed by atoms with Gasteiger partial charge in [-0.15, -0.1) is 24.0 Å². The number of rotatable bonds is 11. The van der Waals surface area contributed by atoms with E-state index in [9.17, 15) is 0 Å². The van der Waals surface area contributed by atoms with Gasteiger partial charge in [-0.1, -0.05) is 30.3 Å². The Balaban J connectivity index is 0.00000420. The van der Waals surface area contributed by atoms with Crippen molar-refractivity contribution in [2.24, 2.45) is 4.99 Å². The van der Waals surface area contributed by atoms with Crippen LogP contribution in [0.15, 0.2) is 53.5 Å². The summed E-state index contributed by atoms with van der Waals surface area (Å²) in [5, 5.41) is 6.66. The first-order chi connectivity index (χ1) is 13.8. The normalized spacial score (nSPS) is 10.9. The summed E-state index contributed by atoms with van der Waals surface area (Å²) in [4.78, 5) is 4.31. The second-order valence-corrected chi connectivity index (χ2v) is 6.18. The van der Waals surface area contributed by atoms with Crippen molar-refractivity contribution < 1.29 is 14.2 Å². The molecule has 0 aliphatic heterocycles. The lowest BCUT2D eigenvalue weighted by Crippen LogP contribution is -2.30. The molecule has 0 aliphatic rings. The number of aliphatic imine (C=N–C) groups is 1. The van der Waals surface area contributed by atoms with Crippen LogP contribution in [0.3, 0.4) is 0 Å². The summed E-state index contributed by atoms with van der Waals surface area (Å²) in [6.07, 6.45) is 0.860. The van der Waals surface area contributed by atoms with Crippen molar-refractivity contribution >= 4 is 35.6 Å². The zero-order chi connectivity index (χ0) is 20.0. The third-order valence-electron chi connectivity index (χ3n) is 4.11. The van der Waals surface area contributed by atoms with Crippen LogP contribution in [0.25, 0.3) is 0 Å². The number of hydrogen-bond acceptors (Lipinski definition) is 4. The first-order valence-electron chi connectivity index (χ1n) is 9.60. The van der Waals surface area contributed by atoms with E-state index < -0.39 is 0 Å². The minimum atomic E-state index is 0. The average molecular weight is 513 g/mol. The number of halogens is 1. The predicted molar refractivity (Wildman–Crippen MR) is 129 cm³/mol. The van der Waals surface area contributed by atoms with E-state index in [0.29, 0.717) is 38.9 Å². The highest BCUT2D eigenvalue weighted by atomic mass is 127. The quantitative estimate of drug-likeness (QED) is 0.201. The Hall–Kier alpha value is -1.84. The summed E-state index contributed by atoms with van der Waals surface area (Å²) in [6.45, 7) is 5.30. The summed E-state index contributed by atoms with van der Waals surface area (Å²) >= 11 is 0. The van der Waals surface area contributed by atoms with Crippen molar-refractivity contribution in [3.8, 4) is 5.75 Å². The van der Waals surface area contributed by atoms with Crippen LogP contribution >= 0.6 is 24.0 Å². The lowest BCUT2D eigenvalue weighted by atomic mass is 10.1. The molecule has 0 amide bonds. The van der Waals surface area contributed by atoms with E-state index in [1.54, 1.807) is 14.2 Å². The van der Waals surface area contributed by atoms with Gasteiger partial charge in [0.2, 0.25) is 0 Å². The third kappa shape index (κ3) is 9.47. The fraction of sp³-hybridized carbons (Fsp3) is 0.409. The van der Waals surface area contributed by atoms with Gasteiger partial charge in [0.1, 0.15) is 5.75 Å². The molecule has 0 saturated heterocycles. The van der Waals surface area contributed by atoms with Crippen LogP contribution in [0, 0.1) is 0 Å². The Kier molecular flexibility index (Phi) is 13.1. The fourth-order valence-corrected chi connectivity index (χ4v) is 2.63. The van der Waals surface area contributed by atoms with Crippen LogP contribution in [-0.2, 0) is 22.6 Å². The minimum Gasteiger partial charge on any atom is -0.493 e. The van der Waals surface area contributed by atoms with Crippen LogP contribution in [0.1, 0.15) is 24.5 Å². The van der Waals surface area contributed by atoms with E-state index >= 15 is 0 Å². The van der Waals surface area contributed by atoms with E-state index in [1.807, 2.05) is 43.3 Å². The highest BCUT2D eigenvalue weighted by Gasteiger charge is 2.05. The largest absolute Gasteiger partial charge is 0.493 e. The van der Waals surface area contributed by atoms with Gasteiger partial charge >= 0.3 is 0 Å². The van der Waals surface area contributed by atoms with Crippen molar-refractivity contribution in [2.75, 3.05) is 39.3 Å². The summed E-state index contributed by atoms with van der Waals surface area (Å²) in [7, 11) is 3.45. The first-order valence-corrected chi connectivity index (χ1v) is 9.60. The Morgan fingerprint density at radius 2 is 1.83 bits per heavy atom. The molecule has 2 aromatic rings. The molecule has 7 heteroatoms. The Morgan fingerprint density at radius 1 is 1.03 bits per heavy atom. The zero-order valence-corrected chi connectivity index (χ0v) is 19.8. The number of guanidine groups is 1. The van der Waals surface area contributed by atoms with E-state index in [4.69, 9.17) is 14.2 Å². The number of ether oxygens (including phenoxy) is 3. The number of methoxy groups -OCH3 is 1. The lowest BCUT2D eigenvalue weighted by molar-refractivity contribution is 0.133. The maximum Gasteiger partial charge on any atom is 0.195 e. The van der Waals surface area contributed by atoms with Crippen molar-refractivity contribution in [3.63, 3.8) is 0 Å². The standard InChI is InChI=1S/C22H31N3O3.HI/c1-4-27-17-19-10-6-5-9-18(19)16-24-22(23-2)25-20-11-7-12-21(15-20)28-14-8-13-26-3;/h5-7,9-12,15H,4,8,13-14,16-17H2,1-3H3,(H2,23,24,25);1H. The van der Waals surface area contributed by atoms with Crippen molar-refractivity contribution in [1.82, 2.24) is 5.32 Å². The number of nitrogens with one attached hydrogen (secondary N) is 2. The number of nitrogens with zero attached hydrogens (tertiary/aromatic N) is 1. The van der Waals surface area contributed by atoms with Crippen LogP contribution in [-0.4, -0.2) is 39.9 Å². The molecule has 2 N–H and O–H groups in total. The summed E-state index contributed by atoms with van der Waals surface area (Å²) in [6, 6.07) is 16.1. The van der Waals surface area contributed by atoms with E-state index in [1.165, 1.54) is 11.1 Å². The van der Waals surface area contributed by atoms with E-state index in [2.05, 4.69) is 27.8 Å². The molecule has 0 aliphatic carbocycles. The molecule has 0 saturated carbocycles. The Morgan fingerprint density at radius 3 is 2.55 bits per heavy atom. The molecule has 0 bridgehead atoms. The van der Waals surface area contributed by atoms with Crippen molar-refractivity contribution in [2.45, 2.75) is 26.5 Å². The van der Waals surface area contributed by atoms with Gasteiger partial charge < -0.3 is 24.8 Å². The molecule has 0 spiro atoms. The molecule has 2 rings (SSSR count). The van der Waals surface area contributed by atoms with Crippen LogP contribution in [0.5, 0.6) is 5.75 Å². The first kappa shape index (κ1) is 25.2. The Bertz CT molecular complexity index is 741. The summed E-state index contributed by atoms with van der Waals surface area (Å²) in [5.41, 5.74) is 3.29. The summed E-state index contributed by atoms with van der Waals surface area (Å²) < 4.78 is 16.3. The van der Waals surface area contributed by atoms with Crippen LogP contribution < -0.4 is 15.4 Å². The maximum atomic E-state index is 5.75. The molecule has 0 unspecified atom stereocenters. The van der Waals surface area contributed by atoms with Crippen molar-refractivity contribution in [1.29, 1.82) is 0 Å². The second kappa shape index (κ2) is 15.1. The molecule has 29 heavy (non-hydrogen) atoms. The molecule has 160 valence electrons. The third-order valence-corrected chi connectivity index (χ3v) is 4.11. The predicted octanol–water partition coefficient (Wildman–Crippen LogP) is 4.44. The molecule has 0 aromatic heterocycles. The highest BCUT2D eigenvalue weighted by molar-refractivity contribution is 14.0. The van der Waals surface area contributed by atoms with E-state index in [0.717, 1.165) is 17.9 Å². The van der Waals surface area contributed by atoms with E-state index in [-0.39, 0.29) is 24.0 Å². The lowest BCUT2D eigenvalue weighted by Gasteiger charge is -2.15. The zero-order valence-electron chi connectivity index (χ0n) is 17.4. The number of benzene rings is 2. The smallest absolute Gasteiger partial charge is 0.195 e. The van der Waals surface area contributed by atoms with Gasteiger partial charge in [0.05, 0.1) is 13.2 Å². The van der Waals surface area contributed by atoms with Gasteiger partial charge in [0, 0.05) is 52.1 Å². The molecular formula is C22H32IN3O3. The topological polar surface area (TPSA) is 64.1 Å². The van der Waals surface area contributed by atoms with Gasteiger partial charge in [-0.05, 0) is 30.2 Å². The minimum absolute atomic E-state index is 0.